The van der Waals surface area contributed by atoms with Crippen LogP contribution in [0.15, 0.2) is 77.7 Å². The second-order valence-electron chi connectivity index (χ2n) is 8.22. The zero-order chi connectivity index (χ0) is 23.2. The van der Waals surface area contributed by atoms with Gasteiger partial charge in [-0.3, -0.25) is 4.72 Å². The number of benzene rings is 3. The number of fused-ring (bicyclic) bond motifs is 3. The van der Waals surface area contributed by atoms with Gasteiger partial charge in [0.15, 0.2) is 0 Å². The zero-order valence-electron chi connectivity index (χ0n) is 17.8. The third-order valence-electron chi connectivity index (χ3n) is 6.28. The highest BCUT2D eigenvalue weighted by Gasteiger charge is 2.39. The number of halogens is 2. The Kier molecular flexibility index (Phi) is 5.77. The van der Waals surface area contributed by atoms with Gasteiger partial charge >= 0.3 is 0 Å². The summed E-state index contributed by atoms with van der Waals surface area (Å²) in [5.41, 5.74) is 3.33. The smallest absolute Gasteiger partial charge is 0.261 e. The van der Waals surface area contributed by atoms with Gasteiger partial charge in [-0.15, -0.1) is 0 Å². The molecular weight excluding hydrogens is 479 g/mol. The number of ether oxygens (including phenoxy) is 1. The lowest BCUT2D eigenvalue weighted by Gasteiger charge is -2.38. The van der Waals surface area contributed by atoms with Crippen LogP contribution in [0.2, 0.25) is 10.0 Å². The molecule has 0 amide bonds. The predicted molar refractivity (Wildman–Crippen MR) is 133 cm³/mol. The minimum atomic E-state index is -3.75. The van der Waals surface area contributed by atoms with E-state index < -0.39 is 10.0 Å². The molecule has 5 nitrogen and oxygen atoms in total. The number of rotatable bonds is 5. The van der Waals surface area contributed by atoms with Crippen LogP contribution in [0.5, 0.6) is 5.75 Å². The van der Waals surface area contributed by atoms with Crippen LogP contribution in [0.4, 0.5) is 11.4 Å². The predicted octanol–water partition coefficient (Wildman–Crippen LogP) is 6.63. The van der Waals surface area contributed by atoms with Crippen LogP contribution in [0.1, 0.15) is 29.5 Å². The maximum absolute atomic E-state index is 13.1. The van der Waals surface area contributed by atoms with Gasteiger partial charge in [-0.05, 0) is 78.1 Å². The molecule has 5 rings (SSSR count). The summed E-state index contributed by atoms with van der Waals surface area (Å²) in [6.45, 7) is 0. The van der Waals surface area contributed by atoms with Crippen molar-refractivity contribution < 1.29 is 13.2 Å². The third kappa shape index (κ3) is 4.19. The normalized spacial score (nSPS) is 21.1. The number of allylic oxidation sites excluding steroid dienone is 2. The van der Waals surface area contributed by atoms with Crippen LogP contribution in [0, 0.1) is 5.92 Å². The fourth-order valence-electron chi connectivity index (χ4n) is 4.67. The fourth-order valence-corrected chi connectivity index (χ4v) is 6.29. The average Bonchev–Trinajstić information content (AvgIpc) is 3.29. The van der Waals surface area contributed by atoms with E-state index in [1.165, 1.54) is 0 Å². The van der Waals surface area contributed by atoms with E-state index in [1.807, 2.05) is 18.2 Å². The molecule has 0 saturated carbocycles. The highest BCUT2D eigenvalue weighted by molar-refractivity contribution is 7.92. The van der Waals surface area contributed by atoms with E-state index in [0.717, 1.165) is 23.2 Å². The minimum Gasteiger partial charge on any atom is -0.497 e. The Balaban J connectivity index is 1.47. The maximum atomic E-state index is 13.1. The maximum Gasteiger partial charge on any atom is 0.261 e. The van der Waals surface area contributed by atoms with Gasteiger partial charge < -0.3 is 10.1 Å². The molecule has 3 atom stereocenters. The fraction of sp³-hybridized carbons (Fsp3) is 0.200. The Morgan fingerprint density at radius 2 is 1.79 bits per heavy atom. The van der Waals surface area contributed by atoms with Crippen LogP contribution in [-0.2, 0) is 10.0 Å². The first-order valence-corrected chi connectivity index (χ1v) is 12.8. The molecule has 0 aromatic heterocycles. The standard InChI is InChI=1S/C25H22Cl2N2O3S/c1-32-17-8-6-16(7-9-17)29-33(30,31)18-10-12-24-22(14-18)19-3-2-4-20(19)25(28-24)21-11-5-15(26)13-23(21)27/h2-3,5-14,19-20,25,28-29H,4H2,1H3. The molecule has 0 bridgehead atoms. The lowest BCUT2D eigenvalue weighted by atomic mass is 9.77. The Labute approximate surface area is 203 Å². The molecule has 33 heavy (non-hydrogen) atoms. The van der Waals surface area contributed by atoms with Gasteiger partial charge in [-0.25, -0.2) is 8.42 Å². The highest BCUT2D eigenvalue weighted by Crippen LogP contribution is 2.51. The first kappa shape index (κ1) is 22.1. The van der Waals surface area contributed by atoms with Crippen molar-refractivity contribution in [1.82, 2.24) is 0 Å². The number of anilines is 2. The van der Waals surface area contributed by atoms with E-state index in [2.05, 4.69) is 22.2 Å². The average molecular weight is 501 g/mol. The lowest BCUT2D eigenvalue weighted by Crippen LogP contribution is -2.29. The zero-order valence-corrected chi connectivity index (χ0v) is 20.1. The monoisotopic (exact) mass is 500 g/mol. The second-order valence-corrected chi connectivity index (χ2v) is 10.8. The largest absolute Gasteiger partial charge is 0.497 e. The van der Waals surface area contributed by atoms with E-state index in [4.69, 9.17) is 27.9 Å². The molecule has 0 spiro atoms. The molecule has 3 aromatic rings. The molecular formula is C25H22Cl2N2O3S. The van der Waals surface area contributed by atoms with E-state index in [1.54, 1.807) is 49.6 Å². The molecule has 170 valence electrons. The Morgan fingerprint density at radius 3 is 2.52 bits per heavy atom. The van der Waals surface area contributed by atoms with Crippen molar-refractivity contribution in [3.8, 4) is 5.75 Å². The second kappa shape index (κ2) is 8.60. The molecule has 0 radical (unpaired) electrons. The first-order chi connectivity index (χ1) is 15.9. The molecule has 1 aliphatic heterocycles. The van der Waals surface area contributed by atoms with E-state index in [9.17, 15) is 8.42 Å². The highest BCUT2D eigenvalue weighted by atomic mass is 35.5. The summed E-state index contributed by atoms with van der Waals surface area (Å²) in [7, 11) is -2.18. The van der Waals surface area contributed by atoms with Gasteiger partial charge in [0.2, 0.25) is 0 Å². The molecule has 3 aromatic carbocycles. The number of methoxy groups -OCH3 is 1. The van der Waals surface area contributed by atoms with Gasteiger partial charge in [0.05, 0.1) is 18.0 Å². The summed E-state index contributed by atoms with van der Waals surface area (Å²) < 4.78 is 34.0. The minimum absolute atomic E-state index is 0.00199. The summed E-state index contributed by atoms with van der Waals surface area (Å²) in [4.78, 5) is 0.223. The summed E-state index contributed by atoms with van der Waals surface area (Å²) in [6.07, 6.45) is 5.19. The molecule has 0 fully saturated rings. The van der Waals surface area contributed by atoms with Crippen LogP contribution < -0.4 is 14.8 Å². The van der Waals surface area contributed by atoms with E-state index in [0.29, 0.717) is 21.5 Å². The molecule has 8 heteroatoms. The van der Waals surface area contributed by atoms with Gasteiger partial charge in [0.25, 0.3) is 10.0 Å². The van der Waals surface area contributed by atoms with Crippen LogP contribution >= 0.6 is 23.2 Å². The van der Waals surface area contributed by atoms with E-state index >= 15 is 0 Å². The molecule has 1 heterocycles. The number of hydrogen-bond donors (Lipinski definition) is 2. The molecule has 1 aliphatic carbocycles. The summed E-state index contributed by atoms with van der Waals surface area (Å²) in [5, 5.41) is 4.81. The van der Waals surface area contributed by atoms with Crippen molar-refractivity contribution in [2.24, 2.45) is 5.92 Å². The van der Waals surface area contributed by atoms with Gasteiger partial charge in [0.1, 0.15) is 5.75 Å². The third-order valence-corrected chi connectivity index (χ3v) is 8.23. The van der Waals surface area contributed by atoms with Gasteiger partial charge in [-0.2, -0.15) is 0 Å². The van der Waals surface area contributed by atoms with E-state index in [-0.39, 0.29) is 22.8 Å². The summed E-state index contributed by atoms with van der Waals surface area (Å²) >= 11 is 12.6. The van der Waals surface area contributed by atoms with Crippen LogP contribution in [-0.4, -0.2) is 15.5 Å². The van der Waals surface area contributed by atoms with Gasteiger partial charge in [-0.1, -0.05) is 41.4 Å². The van der Waals surface area contributed by atoms with Gasteiger partial charge in [0, 0.05) is 27.3 Å². The summed E-state index contributed by atoms with van der Waals surface area (Å²) in [5.74, 6) is 0.977. The Hall–Kier alpha value is -2.67. The Bertz CT molecular complexity index is 1340. The van der Waals surface area contributed by atoms with Crippen molar-refractivity contribution in [3.05, 3.63) is 94.0 Å². The number of hydrogen-bond acceptors (Lipinski definition) is 4. The van der Waals surface area contributed by atoms with Crippen molar-refractivity contribution in [2.75, 3.05) is 17.1 Å². The quantitative estimate of drug-likeness (QED) is 0.385. The van der Waals surface area contributed by atoms with Crippen molar-refractivity contribution in [2.45, 2.75) is 23.3 Å². The molecule has 2 aliphatic rings. The van der Waals surface area contributed by atoms with Crippen LogP contribution in [0.25, 0.3) is 0 Å². The number of sulfonamides is 1. The van der Waals surface area contributed by atoms with Crippen LogP contribution in [0.3, 0.4) is 0 Å². The molecule has 0 saturated heterocycles. The van der Waals surface area contributed by atoms with Crippen molar-refractivity contribution in [3.63, 3.8) is 0 Å². The lowest BCUT2D eigenvalue weighted by molar-refractivity contribution is 0.415. The number of nitrogens with one attached hydrogen (secondary N) is 2. The first-order valence-electron chi connectivity index (χ1n) is 10.5. The molecule has 2 N–H and O–H groups in total. The SMILES string of the molecule is COc1ccc(NS(=O)(=O)c2ccc3c(c2)C2C=CCC2C(c2ccc(Cl)cc2Cl)N3)cc1. The Morgan fingerprint density at radius 1 is 1.00 bits per heavy atom. The summed E-state index contributed by atoms with van der Waals surface area (Å²) in [6, 6.07) is 17.6. The van der Waals surface area contributed by atoms with Crippen molar-refractivity contribution in [1.29, 1.82) is 0 Å². The molecule has 3 unspecified atom stereocenters. The topological polar surface area (TPSA) is 67.4 Å². The van der Waals surface area contributed by atoms with Crippen molar-refractivity contribution >= 4 is 44.6 Å².